The molecule has 0 unspecified atom stereocenters. The first kappa shape index (κ1) is 19.5. The lowest BCUT2D eigenvalue weighted by atomic mass is 9.97. The summed E-state index contributed by atoms with van der Waals surface area (Å²) < 4.78 is 12.2. The fraction of sp³-hybridized carbons (Fsp3) is 0.148. The topological polar surface area (TPSA) is 72.8 Å². The number of amides is 1. The molecule has 4 heterocycles. The molecule has 0 saturated heterocycles. The summed E-state index contributed by atoms with van der Waals surface area (Å²) in [4.78, 5) is 20.6. The van der Waals surface area contributed by atoms with Crippen LogP contribution in [-0.4, -0.2) is 23.2 Å². The van der Waals surface area contributed by atoms with Crippen LogP contribution in [0, 0.1) is 0 Å². The van der Waals surface area contributed by atoms with Gasteiger partial charge in [0.05, 0.1) is 5.71 Å². The van der Waals surface area contributed by atoms with Gasteiger partial charge in [-0.1, -0.05) is 30.3 Å². The van der Waals surface area contributed by atoms with Gasteiger partial charge in [-0.05, 0) is 47.9 Å². The molecule has 162 valence electrons. The van der Waals surface area contributed by atoms with Crippen LogP contribution in [0.5, 0.6) is 17.2 Å². The molecule has 3 aromatic rings. The summed E-state index contributed by atoms with van der Waals surface area (Å²) in [5, 5.41) is 2.81. The molecule has 0 atom stereocenters. The van der Waals surface area contributed by atoms with Crippen LogP contribution >= 0.6 is 0 Å². The molecule has 1 amide bonds. The fourth-order valence-electron chi connectivity index (χ4n) is 4.32. The minimum atomic E-state index is -0.0181. The summed E-state index contributed by atoms with van der Waals surface area (Å²) in [5.74, 6) is 2.79. The van der Waals surface area contributed by atoms with Gasteiger partial charge in [0.25, 0.3) is 0 Å². The van der Waals surface area contributed by atoms with Crippen LogP contribution in [0.4, 0.5) is 5.82 Å². The summed E-state index contributed by atoms with van der Waals surface area (Å²) in [6, 6.07) is 18.0. The number of pyridine rings is 1. The maximum atomic E-state index is 11.7. The van der Waals surface area contributed by atoms with Gasteiger partial charge in [0.1, 0.15) is 29.7 Å². The van der Waals surface area contributed by atoms with Crippen molar-refractivity contribution >= 4 is 29.1 Å². The highest BCUT2D eigenvalue weighted by molar-refractivity contribution is 6.11. The average molecular weight is 435 g/mol. The predicted molar refractivity (Wildman–Crippen MR) is 128 cm³/mol. The van der Waals surface area contributed by atoms with Crippen LogP contribution in [0.3, 0.4) is 0 Å². The fourth-order valence-corrected chi connectivity index (χ4v) is 4.32. The first-order valence-electron chi connectivity index (χ1n) is 11.0. The van der Waals surface area contributed by atoms with E-state index >= 15 is 0 Å². The van der Waals surface area contributed by atoms with Crippen LogP contribution in [0.2, 0.25) is 0 Å². The molecule has 0 bridgehead atoms. The van der Waals surface area contributed by atoms with Crippen molar-refractivity contribution in [2.45, 2.75) is 19.3 Å². The van der Waals surface area contributed by atoms with E-state index in [1.807, 2.05) is 48.7 Å². The number of anilines is 1. The molecule has 33 heavy (non-hydrogen) atoms. The van der Waals surface area contributed by atoms with E-state index in [4.69, 9.17) is 9.47 Å². The molecule has 1 N–H and O–H groups in total. The van der Waals surface area contributed by atoms with Gasteiger partial charge in [-0.2, -0.15) is 0 Å². The number of allylic oxidation sites excluding steroid dienone is 1. The number of aromatic nitrogens is 1. The molecule has 6 rings (SSSR count). The Hall–Kier alpha value is -4.19. The molecule has 0 aliphatic carbocycles. The Balaban J connectivity index is 1.23. The maximum absolute atomic E-state index is 11.7. The Morgan fingerprint density at radius 2 is 1.91 bits per heavy atom. The number of nitrogens with zero attached hydrogens (tertiary/aromatic N) is 2. The summed E-state index contributed by atoms with van der Waals surface area (Å²) in [7, 11) is 0. The zero-order valence-electron chi connectivity index (χ0n) is 17.9. The monoisotopic (exact) mass is 435 g/mol. The molecule has 3 aliphatic heterocycles. The van der Waals surface area contributed by atoms with Crippen molar-refractivity contribution in [1.82, 2.24) is 4.98 Å². The van der Waals surface area contributed by atoms with Gasteiger partial charge >= 0.3 is 0 Å². The highest BCUT2D eigenvalue weighted by Crippen LogP contribution is 2.37. The second-order valence-corrected chi connectivity index (χ2v) is 8.22. The highest BCUT2D eigenvalue weighted by atomic mass is 16.5. The number of aliphatic imine (C=N–C) groups is 1. The number of nitrogens with one attached hydrogen (secondary N) is 1. The van der Waals surface area contributed by atoms with E-state index in [0.29, 0.717) is 36.8 Å². The molecule has 3 aliphatic rings. The van der Waals surface area contributed by atoms with Gasteiger partial charge < -0.3 is 14.8 Å². The number of rotatable bonds is 4. The van der Waals surface area contributed by atoms with Crippen LogP contribution in [0.25, 0.3) is 11.6 Å². The Morgan fingerprint density at radius 1 is 1.00 bits per heavy atom. The third-order valence-corrected chi connectivity index (χ3v) is 6.04. The summed E-state index contributed by atoms with van der Waals surface area (Å²) in [6.45, 7) is 0.500. The largest absolute Gasteiger partial charge is 0.488 e. The van der Waals surface area contributed by atoms with E-state index in [2.05, 4.69) is 33.5 Å². The van der Waals surface area contributed by atoms with E-state index in [9.17, 15) is 4.79 Å². The molecule has 0 radical (unpaired) electrons. The number of ether oxygens (including phenoxy) is 2. The molecular formula is C27H21N3O3. The standard InChI is InChI=1S/C27H21N3O3/c31-26-9-7-22-25(10-11-28-27(22)30-26)33-21-6-8-24-18(13-21)12-20(16-32-24)23-14-19(15-29-23)17-4-2-1-3-5-17/h1-6,8,10-13,15H,7,9,14,16H2,(H,28,30,31). The quantitative estimate of drug-likeness (QED) is 0.594. The number of carbonyl (C=O) groups is 1. The first-order chi connectivity index (χ1) is 16.2. The zero-order chi connectivity index (χ0) is 22.2. The van der Waals surface area contributed by atoms with Gasteiger partial charge in [-0.3, -0.25) is 9.79 Å². The first-order valence-corrected chi connectivity index (χ1v) is 11.0. The van der Waals surface area contributed by atoms with Crippen LogP contribution in [0.15, 0.2) is 77.6 Å². The van der Waals surface area contributed by atoms with Crippen molar-refractivity contribution in [3.8, 4) is 17.2 Å². The Labute approximate surface area is 191 Å². The number of hydrogen-bond acceptors (Lipinski definition) is 5. The van der Waals surface area contributed by atoms with Crippen molar-refractivity contribution < 1.29 is 14.3 Å². The molecule has 0 fully saturated rings. The van der Waals surface area contributed by atoms with E-state index in [1.165, 1.54) is 11.1 Å². The second-order valence-electron chi connectivity index (χ2n) is 8.22. The molecule has 0 saturated carbocycles. The van der Waals surface area contributed by atoms with Crippen molar-refractivity contribution in [2.75, 3.05) is 11.9 Å². The van der Waals surface area contributed by atoms with Gasteiger partial charge in [0.2, 0.25) is 5.91 Å². The summed E-state index contributed by atoms with van der Waals surface area (Å²) >= 11 is 0. The van der Waals surface area contributed by atoms with Crippen LogP contribution in [0.1, 0.15) is 29.5 Å². The predicted octanol–water partition coefficient (Wildman–Crippen LogP) is 5.42. The Bertz CT molecular complexity index is 1360. The van der Waals surface area contributed by atoms with Gasteiger partial charge in [-0.25, -0.2) is 4.98 Å². The molecule has 0 spiro atoms. The lowest BCUT2D eigenvalue weighted by Crippen LogP contribution is -2.20. The van der Waals surface area contributed by atoms with Crippen LogP contribution < -0.4 is 14.8 Å². The zero-order valence-corrected chi connectivity index (χ0v) is 17.9. The lowest BCUT2D eigenvalue weighted by molar-refractivity contribution is -0.116. The van der Waals surface area contributed by atoms with Gasteiger partial charge in [0, 0.05) is 41.9 Å². The van der Waals surface area contributed by atoms with E-state index in [-0.39, 0.29) is 5.91 Å². The number of benzene rings is 2. The number of fused-ring (bicyclic) bond motifs is 2. The minimum Gasteiger partial charge on any atom is -0.488 e. The molecule has 1 aromatic heterocycles. The third kappa shape index (κ3) is 3.80. The molecule has 2 aromatic carbocycles. The Kier molecular flexibility index (Phi) is 4.76. The van der Waals surface area contributed by atoms with Crippen molar-refractivity contribution in [1.29, 1.82) is 0 Å². The average Bonchev–Trinajstić information content (AvgIpc) is 3.35. The maximum Gasteiger partial charge on any atom is 0.225 e. The van der Waals surface area contributed by atoms with E-state index in [1.54, 1.807) is 6.20 Å². The Morgan fingerprint density at radius 3 is 2.82 bits per heavy atom. The highest BCUT2D eigenvalue weighted by Gasteiger charge is 2.22. The van der Waals surface area contributed by atoms with Crippen LogP contribution in [-0.2, 0) is 11.2 Å². The van der Waals surface area contributed by atoms with Gasteiger partial charge in [0.15, 0.2) is 0 Å². The van der Waals surface area contributed by atoms with Crippen molar-refractivity contribution in [2.24, 2.45) is 4.99 Å². The molecular weight excluding hydrogens is 414 g/mol. The van der Waals surface area contributed by atoms with Crippen molar-refractivity contribution in [3.63, 3.8) is 0 Å². The summed E-state index contributed by atoms with van der Waals surface area (Å²) in [6.07, 6.45) is 7.56. The third-order valence-electron chi connectivity index (χ3n) is 6.04. The van der Waals surface area contributed by atoms with E-state index in [0.717, 1.165) is 34.6 Å². The molecule has 6 nitrogen and oxygen atoms in total. The second kappa shape index (κ2) is 8.06. The SMILES string of the molecule is O=C1CCc2c(Oc3ccc4c(c3)C=C(C3=NC=C(c5ccccc5)C3)CO4)ccnc2N1. The minimum absolute atomic E-state index is 0.0181. The summed E-state index contributed by atoms with van der Waals surface area (Å²) in [5.41, 5.74) is 6.39. The lowest BCUT2D eigenvalue weighted by Gasteiger charge is -2.21. The van der Waals surface area contributed by atoms with E-state index < -0.39 is 0 Å². The van der Waals surface area contributed by atoms with Crippen molar-refractivity contribution in [3.05, 3.63) is 89.3 Å². The van der Waals surface area contributed by atoms with Gasteiger partial charge in [-0.15, -0.1) is 0 Å². The smallest absolute Gasteiger partial charge is 0.225 e. The normalized spacial score (nSPS) is 16.5. The molecule has 6 heteroatoms. The number of carbonyl (C=O) groups excluding carboxylic acids is 1. The number of hydrogen-bond donors (Lipinski definition) is 1.